The predicted octanol–water partition coefficient (Wildman–Crippen LogP) is 2.72. The number of ether oxygens (including phenoxy) is 1. The molecule has 0 radical (unpaired) electrons. The van der Waals surface area contributed by atoms with Crippen molar-refractivity contribution in [1.82, 2.24) is 30.2 Å². The van der Waals surface area contributed by atoms with Gasteiger partial charge in [-0.25, -0.2) is 13.8 Å². The van der Waals surface area contributed by atoms with Crippen molar-refractivity contribution in [3.05, 3.63) is 35.8 Å². The Hall–Kier alpha value is -3.37. The third-order valence-electron chi connectivity index (χ3n) is 4.09. The predicted molar refractivity (Wildman–Crippen MR) is 96.5 cm³/mol. The molecule has 0 atom stereocenters. The number of hydrogen-bond acceptors (Lipinski definition) is 8. The van der Waals surface area contributed by atoms with Crippen LogP contribution >= 0.6 is 0 Å². The fourth-order valence-corrected chi connectivity index (χ4v) is 2.68. The molecule has 0 spiro atoms. The zero-order chi connectivity index (χ0) is 19.8. The number of nitrogens with zero attached hydrogens (tertiary/aromatic N) is 6. The van der Waals surface area contributed by atoms with Gasteiger partial charge in [-0.2, -0.15) is 9.67 Å². The highest BCUT2D eigenvalue weighted by Crippen LogP contribution is 2.40. The van der Waals surface area contributed by atoms with Crippen molar-refractivity contribution in [2.45, 2.75) is 38.7 Å². The average molecular weight is 388 g/mol. The van der Waals surface area contributed by atoms with Crippen LogP contribution in [-0.4, -0.2) is 36.3 Å². The normalized spacial score (nSPS) is 13.8. The number of halogens is 2. The van der Waals surface area contributed by atoms with Gasteiger partial charge in [0.05, 0.1) is 18.0 Å². The molecule has 0 unspecified atom stereocenters. The molecule has 4 rings (SSSR count). The fraction of sp³-hybridized carbons (Fsp3) is 0.353. The molecule has 3 aromatic rings. The molecule has 1 saturated carbocycles. The number of nitrogens with two attached hydrogens (primary N) is 1. The molecule has 1 aromatic carbocycles. The van der Waals surface area contributed by atoms with E-state index in [0.717, 1.165) is 19.0 Å². The maximum absolute atomic E-state index is 14.7. The number of nitrogen functional groups attached to an aromatic ring is 1. The van der Waals surface area contributed by atoms with Crippen LogP contribution < -0.4 is 15.8 Å². The SMILES string of the molecule is CC(C)Oc1cc(F)c(Nc2ncc(F)c(N)n2)cc1-n1nnnc1C1CC1. The van der Waals surface area contributed by atoms with Gasteiger partial charge in [-0.05, 0) is 43.2 Å². The molecular weight excluding hydrogens is 370 g/mol. The molecule has 0 amide bonds. The van der Waals surface area contributed by atoms with Crippen LogP contribution in [0.4, 0.5) is 26.2 Å². The first-order chi connectivity index (χ1) is 13.4. The number of anilines is 3. The van der Waals surface area contributed by atoms with Crippen molar-refractivity contribution in [2.24, 2.45) is 0 Å². The van der Waals surface area contributed by atoms with Crippen LogP contribution in [0.1, 0.15) is 38.4 Å². The molecule has 0 aliphatic heterocycles. The molecule has 2 aromatic heterocycles. The molecule has 0 bridgehead atoms. The third kappa shape index (κ3) is 3.55. The maximum Gasteiger partial charge on any atom is 0.229 e. The number of hydrogen-bond donors (Lipinski definition) is 2. The summed E-state index contributed by atoms with van der Waals surface area (Å²) in [6.07, 6.45) is 2.72. The van der Waals surface area contributed by atoms with E-state index in [4.69, 9.17) is 10.5 Å². The maximum atomic E-state index is 14.7. The van der Waals surface area contributed by atoms with Gasteiger partial charge in [-0.15, -0.1) is 5.10 Å². The van der Waals surface area contributed by atoms with Gasteiger partial charge >= 0.3 is 0 Å². The molecule has 1 aliphatic rings. The van der Waals surface area contributed by atoms with E-state index in [1.807, 2.05) is 13.8 Å². The number of aromatic nitrogens is 6. The first-order valence-electron chi connectivity index (χ1n) is 8.76. The fourth-order valence-electron chi connectivity index (χ4n) is 2.68. The Labute approximate surface area is 158 Å². The summed E-state index contributed by atoms with van der Waals surface area (Å²) in [7, 11) is 0. The molecule has 1 aliphatic carbocycles. The van der Waals surface area contributed by atoms with E-state index >= 15 is 0 Å². The lowest BCUT2D eigenvalue weighted by Gasteiger charge is -2.17. The minimum absolute atomic E-state index is 0.0413. The zero-order valence-electron chi connectivity index (χ0n) is 15.2. The zero-order valence-corrected chi connectivity index (χ0v) is 15.2. The Kier molecular flexibility index (Phi) is 4.49. The van der Waals surface area contributed by atoms with Crippen molar-refractivity contribution in [2.75, 3.05) is 11.1 Å². The van der Waals surface area contributed by atoms with E-state index in [1.165, 1.54) is 12.1 Å². The van der Waals surface area contributed by atoms with Crippen LogP contribution in [0.2, 0.25) is 0 Å². The van der Waals surface area contributed by atoms with E-state index in [-0.39, 0.29) is 29.5 Å². The Morgan fingerprint density at radius 2 is 2.04 bits per heavy atom. The van der Waals surface area contributed by atoms with E-state index in [0.29, 0.717) is 17.3 Å². The summed E-state index contributed by atoms with van der Waals surface area (Å²) >= 11 is 0. The Morgan fingerprint density at radius 1 is 1.25 bits per heavy atom. The highest BCUT2D eigenvalue weighted by atomic mass is 19.1. The Balaban J connectivity index is 1.77. The van der Waals surface area contributed by atoms with Gasteiger partial charge in [-0.1, -0.05) is 0 Å². The van der Waals surface area contributed by atoms with Gasteiger partial charge in [0.2, 0.25) is 5.95 Å². The van der Waals surface area contributed by atoms with Crippen molar-refractivity contribution in [3.63, 3.8) is 0 Å². The quantitative estimate of drug-likeness (QED) is 0.662. The summed E-state index contributed by atoms with van der Waals surface area (Å²) < 4.78 is 35.3. The number of benzene rings is 1. The molecular formula is C17H18F2N8O. The van der Waals surface area contributed by atoms with Crippen molar-refractivity contribution >= 4 is 17.5 Å². The van der Waals surface area contributed by atoms with E-state index < -0.39 is 11.6 Å². The third-order valence-corrected chi connectivity index (χ3v) is 4.09. The monoisotopic (exact) mass is 388 g/mol. The van der Waals surface area contributed by atoms with Gasteiger partial charge < -0.3 is 15.8 Å². The van der Waals surface area contributed by atoms with Gasteiger partial charge in [0, 0.05) is 12.0 Å². The summed E-state index contributed by atoms with van der Waals surface area (Å²) in [6, 6.07) is 2.74. The lowest BCUT2D eigenvalue weighted by atomic mass is 10.2. The van der Waals surface area contributed by atoms with Crippen LogP contribution in [0.15, 0.2) is 18.3 Å². The Morgan fingerprint density at radius 3 is 2.71 bits per heavy atom. The van der Waals surface area contributed by atoms with Gasteiger partial charge in [0.1, 0.15) is 11.4 Å². The average Bonchev–Trinajstić information content (AvgIpc) is 3.37. The van der Waals surface area contributed by atoms with Crippen molar-refractivity contribution in [3.8, 4) is 11.4 Å². The highest BCUT2D eigenvalue weighted by molar-refractivity contribution is 5.63. The first kappa shape index (κ1) is 18.0. The van der Waals surface area contributed by atoms with E-state index in [2.05, 4.69) is 30.8 Å². The molecule has 1 fully saturated rings. The molecule has 146 valence electrons. The minimum Gasteiger partial charge on any atom is -0.489 e. The lowest BCUT2D eigenvalue weighted by molar-refractivity contribution is 0.240. The van der Waals surface area contributed by atoms with E-state index in [9.17, 15) is 8.78 Å². The summed E-state index contributed by atoms with van der Waals surface area (Å²) in [5.41, 5.74) is 5.97. The van der Waals surface area contributed by atoms with Gasteiger partial charge in [-0.3, -0.25) is 0 Å². The van der Waals surface area contributed by atoms with Gasteiger partial charge in [0.25, 0.3) is 0 Å². The minimum atomic E-state index is -0.754. The molecule has 3 N–H and O–H groups in total. The van der Waals surface area contributed by atoms with E-state index in [1.54, 1.807) is 4.68 Å². The number of tetrazole rings is 1. The summed E-state index contributed by atoms with van der Waals surface area (Å²) in [5, 5.41) is 14.6. The standard InChI is InChI=1S/C17H18F2N8O/c1-8(2)28-14-5-10(18)12(22-17-21-7-11(19)15(20)23-17)6-13(14)27-16(9-3-4-9)24-25-26-27/h5-9H,3-4H2,1-2H3,(H3,20,21,22,23). The molecule has 0 saturated heterocycles. The topological polar surface area (TPSA) is 117 Å². The summed E-state index contributed by atoms with van der Waals surface area (Å²) in [4.78, 5) is 7.54. The smallest absolute Gasteiger partial charge is 0.229 e. The van der Waals surface area contributed by atoms with Gasteiger partial charge in [0.15, 0.2) is 23.3 Å². The highest BCUT2D eigenvalue weighted by Gasteiger charge is 2.31. The van der Waals surface area contributed by atoms with Crippen LogP contribution in [0, 0.1) is 11.6 Å². The van der Waals surface area contributed by atoms with Crippen LogP contribution in [0.5, 0.6) is 5.75 Å². The summed E-state index contributed by atoms with van der Waals surface area (Å²) in [6.45, 7) is 3.68. The number of rotatable bonds is 6. The van der Waals surface area contributed by atoms with Crippen molar-refractivity contribution in [1.29, 1.82) is 0 Å². The molecule has 11 heteroatoms. The molecule has 2 heterocycles. The number of nitrogens with one attached hydrogen (secondary N) is 1. The van der Waals surface area contributed by atoms with Crippen LogP contribution in [0.3, 0.4) is 0 Å². The first-order valence-corrected chi connectivity index (χ1v) is 8.76. The van der Waals surface area contributed by atoms with Crippen molar-refractivity contribution < 1.29 is 13.5 Å². The lowest BCUT2D eigenvalue weighted by Crippen LogP contribution is -2.12. The van der Waals surface area contributed by atoms with Crippen LogP contribution in [-0.2, 0) is 0 Å². The second-order valence-electron chi connectivity index (χ2n) is 6.74. The second-order valence-corrected chi connectivity index (χ2v) is 6.74. The molecule has 9 nitrogen and oxygen atoms in total. The van der Waals surface area contributed by atoms with Crippen LogP contribution in [0.25, 0.3) is 5.69 Å². The Bertz CT molecular complexity index is 1020. The largest absolute Gasteiger partial charge is 0.489 e. The summed E-state index contributed by atoms with van der Waals surface area (Å²) in [5.74, 6) is -0.485. The molecule has 28 heavy (non-hydrogen) atoms. The second kappa shape index (κ2) is 6.98.